The fraction of sp³-hybridized carbons (Fsp3) is 0.650. The minimum Gasteiger partial charge on any atom is -0.497 e. The number of fused-ring (bicyclic) bond motifs is 1. The minimum absolute atomic E-state index is 0.189. The van der Waals surface area contributed by atoms with E-state index in [0.29, 0.717) is 5.92 Å². The standard InChI is InChI=1S/C20H26ClNO3/c1-13(21)25-19(23)22-10-9-20-8-4-3-5-16(20)18(22)11-14-6-7-15(24-2)12-17(14)20/h6-7,12-13,16,18H,3-5,8-11H2,1-2H3/t13?,16?,18?,20-/m0/s1. The average molecular weight is 364 g/mol. The van der Waals surface area contributed by atoms with Crippen LogP contribution in [0.4, 0.5) is 4.79 Å². The van der Waals surface area contributed by atoms with Crippen molar-refractivity contribution >= 4 is 17.7 Å². The van der Waals surface area contributed by atoms with Crippen molar-refractivity contribution < 1.29 is 14.3 Å². The van der Waals surface area contributed by atoms with E-state index in [9.17, 15) is 4.79 Å². The fourth-order valence-corrected chi connectivity index (χ4v) is 5.62. The molecule has 136 valence electrons. The number of halogens is 1. The van der Waals surface area contributed by atoms with Gasteiger partial charge in [-0.1, -0.05) is 30.5 Å². The van der Waals surface area contributed by atoms with E-state index >= 15 is 0 Å². The molecule has 2 fully saturated rings. The SMILES string of the molecule is COc1ccc2c(c1)[C@]13CCCCC1C(C2)N(C(=O)OC(C)Cl)CC3. The molecule has 4 atom stereocenters. The number of hydrogen-bond acceptors (Lipinski definition) is 3. The Morgan fingerprint density at radius 1 is 1.36 bits per heavy atom. The van der Waals surface area contributed by atoms with Gasteiger partial charge in [0.15, 0.2) is 5.56 Å². The third-order valence-corrected chi connectivity index (χ3v) is 6.63. The van der Waals surface area contributed by atoms with Gasteiger partial charge in [-0.05, 0) is 61.8 Å². The van der Waals surface area contributed by atoms with Gasteiger partial charge in [-0.3, -0.25) is 0 Å². The van der Waals surface area contributed by atoms with Gasteiger partial charge in [0.25, 0.3) is 0 Å². The molecule has 0 radical (unpaired) electrons. The number of ether oxygens (including phenoxy) is 2. The van der Waals surface area contributed by atoms with Gasteiger partial charge in [0, 0.05) is 18.0 Å². The molecule has 25 heavy (non-hydrogen) atoms. The van der Waals surface area contributed by atoms with Crippen molar-refractivity contribution in [3.05, 3.63) is 29.3 Å². The zero-order valence-corrected chi connectivity index (χ0v) is 15.7. The van der Waals surface area contributed by atoms with Crippen LogP contribution in [0.15, 0.2) is 18.2 Å². The predicted molar refractivity (Wildman–Crippen MR) is 97.2 cm³/mol. The Hall–Kier alpha value is -1.42. The average Bonchev–Trinajstić information content (AvgIpc) is 2.60. The molecule has 1 heterocycles. The number of carbonyl (C=O) groups excluding carboxylic acids is 1. The van der Waals surface area contributed by atoms with Crippen LogP contribution < -0.4 is 4.74 Å². The normalized spacial score (nSPS) is 31.6. The third-order valence-electron chi connectivity index (χ3n) is 6.54. The van der Waals surface area contributed by atoms with Crippen molar-refractivity contribution in [2.24, 2.45) is 5.92 Å². The number of amides is 1. The van der Waals surface area contributed by atoms with E-state index in [0.717, 1.165) is 25.1 Å². The molecule has 1 saturated carbocycles. The van der Waals surface area contributed by atoms with E-state index in [1.54, 1.807) is 14.0 Å². The van der Waals surface area contributed by atoms with Crippen LogP contribution in [-0.2, 0) is 16.6 Å². The summed E-state index contributed by atoms with van der Waals surface area (Å²) in [6, 6.07) is 6.70. The number of piperidine rings is 1. The molecule has 4 rings (SSSR count). The number of carbonyl (C=O) groups is 1. The van der Waals surface area contributed by atoms with Crippen LogP contribution in [0.2, 0.25) is 0 Å². The van der Waals surface area contributed by atoms with Crippen molar-refractivity contribution in [2.75, 3.05) is 13.7 Å². The summed E-state index contributed by atoms with van der Waals surface area (Å²) in [5, 5.41) is 0. The van der Waals surface area contributed by atoms with Crippen molar-refractivity contribution in [2.45, 2.75) is 62.5 Å². The lowest BCUT2D eigenvalue weighted by Crippen LogP contribution is -2.62. The first-order chi connectivity index (χ1) is 12.0. The molecule has 4 nitrogen and oxygen atoms in total. The van der Waals surface area contributed by atoms with Crippen LogP contribution in [0.3, 0.4) is 0 Å². The Kier molecular flexibility index (Phi) is 4.35. The monoisotopic (exact) mass is 363 g/mol. The summed E-state index contributed by atoms with van der Waals surface area (Å²) in [4.78, 5) is 14.5. The highest BCUT2D eigenvalue weighted by molar-refractivity contribution is 6.19. The highest BCUT2D eigenvalue weighted by Crippen LogP contribution is 2.56. The summed E-state index contributed by atoms with van der Waals surface area (Å²) in [5.41, 5.74) is 2.42. The lowest BCUT2D eigenvalue weighted by Gasteiger charge is -2.58. The van der Waals surface area contributed by atoms with Gasteiger partial charge < -0.3 is 14.4 Å². The molecule has 0 spiro atoms. The molecule has 3 aliphatic rings. The van der Waals surface area contributed by atoms with Crippen molar-refractivity contribution in [1.29, 1.82) is 0 Å². The van der Waals surface area contributed by atoms with E-state index in [1.165, 1.54) is 36.8 Å². The maximum atomic E-state index is 12.6. The molecule has 2 aliphatic carbocycles. The lowest BCUT2D eigenvalue weighted by molar-refractivity contribution is -0.0136. The first-order valence-electron chi connectivity index (χ1n) is 9.34. The van der Waals surface area contributed by atoms with Gasteiger partial charge in [-0.2, -0.15) is 0 Å². The summed E-state index contributed by atoms with van der Waals surface area (Å²) < 4.78 is 10.8. The van der Waals surface area contributed by atoms with Gasteiger partial charge in [0.1, 0.15) is 5.75 Å². The quantitative estimate of drug-likeness (QED) is 0.727. The number of nitrogens with zero attached hydrogens (tertiary/aromatic N) is 1. The number of likely N-dealkylation sites (tertiary alicyclic amines) is 1. The maximum absolute atomic E-state index is 12.6. The van der Waals surface area contributed by atoms with Gasteiger partial charge in [0.05, 0.1) is 7.11 Å². The van der Waals surface area contributed by atoms with Crippen molar-refractivity contribution in [1.82, 2.24) is 4.90 Å². The third kappa shape index (κ3) is 2.69. The van der Waals surface area contributed by atoms with E-state index in [2.05, 4.69) is 12.1 Å². The second-order valence-electron chi connectivity index (χ2n) is 7.67. The van der Waals surface area contributed by atoms with Crippen LogP contribution in [0.25, 0.3) is 0 Å². The fourth-order valence-electron chi connectivity index (χ4n) is 5.54. The van der Waals surface area contributed by atoms with Crippen LogP contribution >= 0.6 is 11.6 Å². The minimum atomic E-state index is -0.592. The molecule has 0 aromatic heterocycles. The highest BCUT2D eigenvalue weighted by atomic mass is 35.5. The highest BCUT2D eigenvalue weighted by Gasteiger charge is 2.55. The lowest BCUT2D eigenvalue weighted by atomic mass is 9.52. The Bertz CT molecular complexity index is 677. The molecular formula is C20H26ClNO3. The number of methoxy groups -OCH3 is 1. The van der Waals surface area contributed by atoms with Crippen molar-refractivity contribution in [3.8, 4) is 5.75 Å². The van der Waals surface area contributed by atoms with E-state index < -0.39 is 5.56 Å². The number of hydrogen-bond donors (Lipinski definition) is 0. The van der Waals surface area contributed by atoms with Gasteiger partial charge in [-0.15, -0.1) is 0 Å². The molecule has 1 aliphatic heterocycles. The van der Waals surface area contributed by atoms with Gasteiger partial charge >= 0.3 is 6.09 Å². The van der Waals surface area contributed by atoms with Crippen molar-refractivity contribution in [3.63, 3.8) is 0 Å². The first kappa shape index (κ1) is 17.0. The summed E-state index contributed by atoms with van der Waals surface area (Å²) in [6.07, 6.45) is 6.55. The number of benzene rings is 1. The molecule has 1 amide bonds. The molecule has 1 saturated heterocycles. The Balaban J connectivity index is 1.74. The number of alkyl halides is 1. The molecule has 1 aromatic carbocycles. The summed E-state index contributed by atoms with van der Waals surface area (Å²) in [5.74, 6) is 1.45. The van der Waals surface area contributed by atoms with Crippen LogP contribution in [-0.4, -0.2) is 36.3 Å². The smallest absolute Gasteiger partial charge is 0.411 e. The van der Waals surface area contributed by atoms with Crippen LogP contribution in [0.1, 0.15) is 50.2 Å². The van der Waals surface area contributed by atoms with E-state index in [1.807, 2.05) is 11.0 Å². The summed E-state index contributed by atoms with van der Waals surface area (Å²) >= 11 is 5.89. The maximum Gasteiger partial charge on any atom is 0.411 e. The van der Waals surface area contributed by atoms with E-state index in [4.69, 9.17) is 21.1 Å². The van der Waals surface area contributed by atoms with Gasteiger partial charge in [0.2, 0.25) is 0 Å². The van der Waals surface area contributed by atoms with Crippen LogP contribution in [0.5, 0.6) is 5.75 Å². The molecule has 5 heteroatoms. The molecule has 2 bridgehead atoms. The van der Waals surface area contributed by atoms with Crippen LogP contribution in [0, 0.1) is 5.92 Å². The predicted octanol–water partition coefficient (Wildman–Crippen LogP) is 4.48. The molecule has 1 aromatic rings. The second kappa shape index (κ2) is 6.39. The summed E-state index contributed by atoms with van der Waals surface area (Å²) in [7, 11) is 1.73. The zero-order chi connectivity index (χ0) is 17.6. The molecular weight excluding hydrogens is 338 g/mol. The summed E-state index contributed by atoms with van der Waals surface area (Å²) in [6.45, 7) is 2.44. The number of rotatable bonds is 2. The Labute approximate surface area is 154 Å². The topological polar surface area (TPSA) is 38.8 Å². The first-order valence-corrected chi connectivity index (χ1v) is 9.77. The Morgan fingerprint density at radius 2 is 2.20 bits per heavy atom. The van der Waals surface area contributed by atoms with Gasteiger partial charge in [-0.25, -0.2) is 4.79 Å². The Morgan fingerprint density at radius 3 is 2.96 bits per heavy atom. The largest absolute Gasteiger partial charge is 0.497 e. The molecule has 0 N–H and O–H groups in total. The zero-order valence-electron chi connectivity index (χ0n) is 15.0. The second-order valence-corrected chi connectivity index (χ2v) is 8.29. The molecule has 3 unspecified atom stereocenters. The van der Waals surface area contributed by atoms with E-state index in [-0.39, 0.29) is 17.6 Å².